The lowest BCUT2D eigenvalue weighted by atomic mass is 10.3. The molecule has 1 amide bonds. The van der Waals surface area contributed by atoms with Gasteiger partial charge in [0.25, 0.3) is 0 Å². The maximum atomic E-state index is 13.1. The summed E-state index contributed by atoms with van der Waals surface area (Å²) in [6, 6.07) is 2.74. The summed E-state index contributed by atoms with van der Waals surface area (Å²) in [4.78, 5) is 22.5. The van der Waals surface area contributed by atoms with Gasteiger partial charge in [0.2, 0.25) is 5.91 Å². The van der Waals surface area contributed by atoms with Crippen molar-refractivity contribution in [1.82, 2.24) is 9.78 Å². The van der Waals surface area contributed by atoms with Gasteiger partial charge in [0.15, 0.2) is 5.75 Å². The van der Waals surface area contributed by atoms with Crippen molar-refractivity contribution in [3.63, 3.8) is 0 Å². The number of aromatic nitrogens is 2. The number of carbonyl (C=O) groups excluding carboxylic acids is 1. The van der Waals surface area contributed by atoms with Gasteiger partial charge >= 0.3 is 12.6 Å². The van der Waals surface area contributed by atoms with Crippen LogP contribution in [0.5, 0.6) is 5.75 Å². The number of hydrogen-bond acceptors (Lipinski definition) is 4. The first-order valence-corrected chi connectivity index (χ1v) is 6.15. The van der Waals surface area contributed by atoms with Crippen LogP contribution in [0.4, 0.5) is 18.9 Å². The SMILES string of the molecule is O=C(Cn1cc(C(=O)O)cn1)Nc1ccc(F)cc1OC(F)F. The average molecular weight is 329 g/mol. The molecule has 0 aliphatic rings. The zero-order chi connectivity index (χ0) is 17.0. The van der Waals surface area contributed by atoms with Crippen LogP contribution in [0.3, 0.4) is 0 Å². The third-order valence-corrected chi connectivity index (χ3v) is 2.62. The highest BCUT2D eigenvalue weighted by Gasteiger charge is 2.14. The number of carboxylic acid groups (broad SMARTS) is 1. The maximum absolute atomic E-state index is 13.1. The van der Waals surface area contributed by atoms with Crippen LogP contribution in [0.1, 0.15) is 10.4 Å². The average Bonchev–Trinajstić information content (AvgIpc) is 2.90. The highest BCUT2D eigenvalue weighted by atomic mass is 19.3. The lowest BCUT2D eigenvalue weighted by molar-refractivity contribution is -0.117. The summed E-state index contributed by atoms with van der Waals surface area (Å²) in [7, 11) is 0. The Labute approximate surface area is 127 Å². The van der Waals surface area contributed by atoms with Crippen LogP contribution < -0.4 is 10.1 Å². The van der Waals surface area contributed by atoms with E-state index in [1.54, 1.807) is 0 Å². The molecular weight excluding hydrogens is 319 g/mol. The van der Waals surface area contributed by atoms with Crippen LogP contribution >= 0.6 is 0 Å². The summed E-state index contributed by atoms with van der Waals surface area (Å²) < 4.78 is 42.8. The molecule has 0 saturated carbocycles. The van der Waals surface area contributed by atoms with Gasteiger partial charge in [-0.05, 0) is 12.1 Å². The standard InChI is InChI=1S/C13H10F3N3O4/c14-8-1-2-9(10(3-8)23-13(15)16)18-11(20)6-19-5-7(4-17-19)12(21)22/h1-5,13H,6H2,(H,18,20)(H,21,22). The van der Waals surface area contributed by atoms with E-state index in [0.717, 1.165) is 29.2 Å². The topological polar surface area (TPSA) is 93.5 Å². The molecule has 0 fully saturated rings. The molecule has 10 heteroatoms. The number of halogens is 3. The highest BCUT2D eigenvalue weighted by molar-refractivity contribution is 5.92. The number of carboxylic acids is 1. The molecule has 0 bridgehead atoms. The van der Waals surface area contributed by atoms with E-state index in [2.05, 4.69) is 15.2 Å². The van der Waals surface area contributed by atoms with Crippen LogP contribution in [0.25, 0.3) is 0 Å². The van der Waals surface area contributed by atoms with Gasteiger partial charge in [0, 0.05) is 12.3 Å². The van der Waals surface area contributed by atoms with Gasteiger partial charge in [-0.1, -0.05) is 0 Å². The number of carbonyl (C=O) groups is 2. The summed E-state index contributed by atoms with van der Waals surface area (Å²) in [6.45, 7) is -3.55. The fourth-order valence-electron chi connectivity index (χ4n) is 1.69. The van der Waals surface area contributed by atoms with Gasteiger partial charge in [0.05, 0.1) is 17.4 Å². The summed E-state index contributed by atoms with van der Waals surface area (Å²) in [5.41, 5.74) is -0.261. The highest BCUT2D eigenvalue weighted by Crippen LogP contribution is 2.27. The predicted molar refractivity (Wildman–Crippen MR) is 70.8 cm³/mol. The number of hydrogen-bond donors (Lipinski definition) is 2. The number of nitrogens with one attached hydrogen (secondary N) is 1. The van der Waals surface area contributed by atoms with Crippen molar-refractivity contribution in [2.24, 2.45) is 0 Å². The van der Waals surface area contributed by atoms with Crippen LogP contribution in [-0.2, 0) is 11.3 Å². The van der Waals surface area contributed by atoms with Crippen LogP contribution in [0.2, 0.25) is 0 Å². The Morgan fingerprint density at radius 1 is 1.39 bits per heavy atom. The second-order valence-electron chi connectivity index (χ2n) is 4.30. The minimum Gasteiger partial charge on any atom is -0.478 e. The van der Waals surface area contributed by atoms with Crippen molar-refractivity contribution in [2.45, 2.75) is 13.2 Å². The lowest BCUT2D eigenvalue weighted by Gasteiger charge is -2.12. The van der Waals surface area contributed by atoms with Crippen LogP contribution in [0, 0.1) is 5.82 Å². The third-order valence-electron chi connectivity index (χ3n) is 2.62. The summed E-state index contributed by atoms with van der Waals surface area (Å²) in [6.07, 6.45) is 2.18. The van der Waals surface area contributed by atoms with E-state index in [1.807, 2.05) is 0 Å². The Morgan fingerprint density at radius 2 is 2.13 bits per heavy atom. The number of rotatable bonds is 6. The maximum Gasteiger partial charge on any atom is 0.387 e. The molecule has 0 atom stereocenters. The first-order chi connectivity index (χ1) is 10.8. The molecular formula is C13H10F3N3O4. The second-order valence-corrected chi connectivity index (χ2v) is 4.30. The second kappa shape index (κ2) is 6.81. The van der Waals surface area contributed by atoms with Crippen molar-refractivity contribution >= 4 is 17.6 Å². The number of anilines is 1. The Morgan fingerprint density at radius 3 is 2.74 bits per heavy atom. The quantitative estimate of drug-likeness (QED) is 0.845. The van der Waals surface area contributed by atoms with Crippen molar-refractivity contribution in [2.75, 3.05) is 5.32 Å². The smallest absolute Gasteiger partial charge is 0.387 e. The fraction of sp³-hybridized carbons (Fsp3) is 0.154. The predicted octanol–water partition coefficient (Wildman–Crippen LogP) is 1.96. The molecule has 23 heavy (non-hydrogen) atoms. The molecule has 122 valence electrons. The van der Waals surface area contributed by atoms with Crippen molar-refractivity contribution in [3.05, 3.63) is 42.0 Å². The van der Waals surface area contributed by atoms with Crippen molar-refractivity contribution < 1.29 is 32.6 Å². The molecule has 0 unspecified atom stereocenters. The molecule has 2 rings (SSSR count). The summed E-state index contributed by atoms with van der Waals surface area (Å²) in [5.74, 6) is -3.23. The van der Waals surface area contributed by atoms with E-state index >= 15 is 0 Å². The minimum atomic E-state index is -3.18. The van der Waals surface area contributed by atoms with Crippen molar-refractivity contribution in [3.8, 4) is 5.75 Å². The molecule has 0 aliphatic carbocycles. The van der Waals surface area contributed by atoms with Gasteiger partial charge < -0.3 is 15.2 Å². The number of benzene rings is 1. The Hall–Kier alpha value is -3.04. The van der Waals surface area contributed by atoms with Gasteiger partial charge in [-0.25, -0.2) is 9.18 Å². The summed E-state index contributed by atoms with van der Waals surface area (Å²) >= 11 is 0. The number of alkyl halides is 2. The van der Waals surface area contributed by atoms with Gasteiger partial charge in [-0.2, -0.15) is 13.9 Å². The number of nitrogens with zero attached hydrogens (tertiary/aromatic N) is 2. The molecule has 0 radical (unpaired) electrons. The lowest BCUT2D eigenvalue weighted by Crippen LogP contribution is -2.20. The van der Waals surface area contributed by atoms with E-state index in [0.29, 0.717) is 6.07 Å². The zero-order valence-electron chi connectivity index (χ0n) is 11.4. The van der Waals surface area contributed by atoms with Crippen molar-refractivity contribution in [1.29, 1.82) is 0 Å². The Kier molecular flexibility index (Phi) is 4.84. The molecule has 0 aliphatic heterocycles. The molecule has 2 aromatic rings. The Bertz CT molecular complexity index is 733. The summed E-state index contributed by atoms with van der Waals surface area (Å²) in [5, 5.41) is 14.7. The van der Waals surface area contributed by atoms with E-state index in [4.69, 9.17) is 5.11 Å². The van der Waals surface area contributed by atoms with Gasteiger partial charge in [-0.15, -0.1) is 0 Å². The van der Waals surface area contributed by atoms with Crippen LogP contribution in [0.15, 0.2) is 30.6 Å². The normalized spacial score (nSPS) is 10.6. The first-order valence-electron chi connectivity index (χ1n) is 6.15. The Balaban J connectivity index is 2.08. The molecule has 0 saturated heterocycles. The molecule has 7 nitrogen and oxygen atoms in total. The third kappa shape index (κ3) is 4.46. The minimum absolute atomic E-state index is 0.110. The zero-order valence-corrected chi connectivity index (χ0v) is 11.4. The van der Waals surface area contributed by atoms with E-state index < -0.39 is 30.1 Å². The fourth-order valence-corrected chi connectivity index (χ4v) is 1.69. The molecule has 1 aromatic heterocycles. The van der Waals surface area contributed by atoms with Crippen LogP contribution in [-0.4, -0.2) is 33.4 Å². The van der Waals surface area contributed by atoms with Gasteiger partial charge in [0.1, 0.15) is 12.4 Å². The largest absolute Gasteiger partial charge is 0.478 e. The first kappa shape index (κ1) is 16.3. The molecule has 0 spiro atoms. The number of aromatic carboxylic acids is 1. The van der Waals surface area contributed by atoms with E-state index in [9.17, 15) is 22.8 Å². The monoisotopic (exact) mass is 329 g/mol. The van der Waals surface area contributed by atoms with E-state index in [-0.39, 0.29) is 17.8 Å². The molecule has 2 N–H and O–H groups in total. The number of amides is 1. The molecule has 1 heterocycles. The van der Waals surface area contributed by atoms with E-state index in [1.165, 1.54) is 0 Å². The number of ether oxygens (including phenoxy) is 1. The molecule has 1 aromatic carbocycles. The van der Waals surface area contributed by atoms with Gasteiger partial charge in [-0.3, -0.25) is 9.48 Å².